The lowest BCUT2D eigenvalue weighted by molar-refractivity contribution is 0.500. The number of thiophene rings is 1. The number of aryl methyl sites for hydroxylation is 3. The second-order valence-electron chi connectivity index (χ2n) is 5.24. The summed E-state index contributed by atoms with van der Waals surface area (Å²) < 4.78 is 5.59. The first-order valence-electron chi connectivity index (χ1n) is 6.81. The van der Waals surface area contributed by atoms with E-state index >= 15 is 0 Å². The van der Waals surface area contributed by atoms with Crippen molar-refractivity contribution in [1.29, 1.82) is 0 Å². The van der Waals surface area contributed by atoms with E-state index < -0.39 is 0 Å². The van der Waals surface area contributed by atoms with Gasteiger partial charge in [-0.15, -0.1) is 11.3 Å². The van der Waals surface area contributed by atoms with E-state index in [4.69, 9.17) is 10.2 Å². The summed E-state index contributed by atoms with van der Waals surface area (Å²) in [7, 11) is 0. The molecule has 0 spiro atoms. The Bertz CT molecular complexity index is 805. The highest BCUT2D eigenvalue weighted by molar-refractivity contribution is 7.18. The fourth-order valence-electron chi connectivity index (χ4n) is 2.53. The first kappa shape index (κ1) is 13.9. The van der Waals surface area contributed by atoms with Crippen LogP contribution in [0.5, 0.6) is 0 Å². The Morgan fingerprint density at radius 1 is 1.24 bits per heavy atom. The molecule has 0 radical (unpaired) electrons. The van der Waals surface area contributed by atoms with Crippen LogP contribution in [0.15, 0.2) is 16.5 Å². The SMILES string of the molecule is Cc1cc(C(C)Nc2nc(N)nc3sc(C)cc23)c(C)o1. The van der Waals surface area contributed by atoms with Crippen molar-refractivity contribution in [3.8, 4) is 0 Å². The standard InChI is InChI=1S/C15H18N4OS/c1-7-5-11(10(4)20-7)9(3)17-13-12-6-8(2)21-14(12)19-15(16)18-13/h5-6,9H,1-4H3,(H3,16,17,18,19). The van der Waals surface area contributed by atoms with E-state index in [0.717, 1.165) is 33.1 Å². The number of rotatable bonds is 3. The third kappa shape index (κ3) is 2.58. The average molecular weight is 302 g/mol. The van der Waals surface area contributed by atoms with E-state index in [2.05, 4.69) is 35.2 Å². The lowest BCUT2D eigenvalue weighted by Crippen LogP contribution is -2.09. The summed E-state index contributed by atoms with van der Waals surface area (Å²) in [6.07, 6.45) is 0. The Morgan fingerprint density at radius 2 is 2.00 bits per heavy atom. The zero-order chi connectivity index (χ0) is 15.1. The van der Waals surface area contributed by atoms with Gasteiger partial charge in [-0.1, -0.05) is 0 Å². The summed E-state index contributed by atoms with van der Waals surface area (Å²) >= 11 is 1.62. The maximum absolute atomic E-state index is 5.81. The molecule has 3 aromatic rings. The van der Waals surface area contributed by atoms with Gasteiger partial charge in [0.25, 0.3) is 0 Å². The predicted octanol–water partition coefficient (Wildman–Crippen LogP) is 3.96. The molecule has 3 rings (SSSR count). The summed E-state index contributed by atoms with van der Waals surface area (Å²) in [5, 5.41) is 4.44. The van der Waals surface area contributed by atoms with Gasteiger partial charge in [-0.05, 0) is 39.8 Å². The third-order valence-corrected chi connectivity index (χ3v) is 4.38. The number of nitrogens with one attached hydrogen (secondary N) is 1. The Kier molecular flexibility index (Phi) is 3.33. The molecule has 0 aliphatic rings. The molecule has 0 fully saturated rings. The molecule has 3 heterocycles. The first-order chi connectivity index (χ1) is 9.94. The number of furan rings is 1. The number of nitrogens with zero attached hydrogens (tertiary/aromatic N) is 2. The van der Waals surface area contributed by atoms with Crippen LogP contribution in [0.2, 0.25) is 0 Å². The van der Waals surface area contributed by atoms with E-state index in [1.54, 1.807) is 11.3 Å². The normalized spacial score (nSPS) is 12.8. The summed E-state index contributed by atoms with van der Waals surface area (Å²) in [5.41, 5.74) is 6.94. The van der Waals surface area contributed by atoms with E-state index in [1.165, 1.54) is 4.88 Å². The zero-order valence-electron chi connectivity index (χ0n) is 12.5. The summed E-state index contributed by atoms with van der Waals surface area (Å²) in [6.45, 7) is 8.06. The number of nitrogens with two attached hydrogens (primary N) is 1. The molecule has 1 atom stereocenters. The zero-order valence-corrected chi connectivity index (χ0v) is 13.3. The minimum atomic E-state index is 0.0835. The van der Waals surface area contributed by atoms with Crippen molar-refractivity contribution in [3.63, 3.8) is 0 Å². The number of hydrogen-bond donors (Lipinski definition) is 2. The van der Waals surface area contributed by atoms with Crippen molar-refractivity contribution < 1.29 is 4.42 Å². The van der Waals surface area contributed by atoms with Crippen molar-refractivity contribution in [3.05, 3.63) is 34.1 Å². The Balaban J connectivity index is 1.99. The smallest absolute Gasteiger partial charge is 0.223 e. The van der Waals surface area contributed by atoms with Crippen molar-refractivity contribution in [2.24, 2.45) is 0 Å². The van der Waals surface area contributed by atoms with Crippen molar-refractivity contribution >= 4 is 33.3 Å². The quantitative estimate of drug-likeness (QED) is 0.765. The minimum Gasteiger partial charge on any atom is -0.466 e. The molecule has 0 saturated carbocycles. The van der Waals surface area contributed by atoms with Crippen LogP contribution >= 0.6 is 11.3 Å². The number of aromatic nitrogens is 2. The molecule has 0 amide bonds. The molecule has 6 heteroatoms. The fraction of sp³-hybridized carbons (Fsp3) is 0.333. The molecule has 21 heavy (non-hydrogen) atoms. The fourth-order valence-corrected chi connectivity index (χ4v) is 3.42. The molecule has 1 unspecified atom stereocenters. The maximum atomic E-state index is 5.81. The minimum absolute atomic E-state index is 0.0835. The molecular weight excluding hydrogens is 284 g/mol. The van der Waals surface area contributed by atoms with Crippen LogP contribution in [0.4, 0.5) is 11.8 Å². The topological polar surface area (TPSA) is 77.0 Å². The van der Waals surface area contributed by atoms with Crippen LogP contribution in [-0.2, 0) is 0 Å². The van der Waals surface area contributed by atoms with Crippen LogP contribution in [0, 0.1) is 20.8 Å². The van der Waals surface area contributed by atoms with Crippen LogP contribution < -0.4 is 11.1 Å². The van der Waals surface area contributed by atoms with Crippen LogP contribution in [0.25, 0.3) is 10.2 Å². The summed E-state index contributed by atoms with van der Waals surface area (Å²) in [4.78, 5) is 10.7. The molecule has 0 aliphatic heterocycles. The largest absolute Gasteiger partial charge is 0.466 e. The lowest BCUT2D eigenvalue weighted by Gasteiger charge is -2.14. The van der Waals surface area contributed by atoms with E-state index in [-0.39, 0.29) is 6.04 Å². The van der Waals surface area contributed by atoms with Crippen molar-refractivity contribution in [2.45, 2.75) is 33.7 Å². The molecule has 5 nitrogen and oxygen atoms in total. The monoisotopic (exact) mass is 302 g/mol. The van der Waals surface area contributed by atoms with Crippen LogP contribution in [0.3, 0.4) is 0 Å². The van der Waals surface area contributed by atoms with Crippen LogP contribution in [-0.4, -0.2) is 9.97 Å². The van der Waals surface area contributed by atoms with E-state index in [9.17, 15) is 0 Å². The van der Waals surface area contributed by atoms with Crippen molar-refractivity contribution in [1.82, 2.24) is 9.97 Å². The van der Waals surface area contributed by atoms with Gasteiger partial charge >= 0.3 is 0 Å². The van der Waals surface area contributed by atoms with Gasteiger partial charge in [0.1, 0.15) is 22.2 Å². The predicted molar refractivity (Wildman–Crippen MR) is 86.8 cm³/mol. The summed E-state index contributed by atoms with van der Waals surface area (Å²) in [5.74, 6) is 2.90. The van der Waals surface area contributed by atoms with Gasteiger partial charge in [0, 0.05) is 10.4 Å². The average Bonchev–Trinajstić information content (AvgIpc) is 2.91. The number of hydrogen-bond acceptors (Lipinski definition) is 6. The maximum Gasteiger partial charge on any atom is 0.223 e. The van der Waals surface area contributed by atoms with Gasteiger partial charge < -0.3 is 15.5 Å². The van der Waals surface area contributed by atoms with Gasteiger partial charge in [0.2, 0.25) is 5.95 Å². The Labute approximate surface area is 127 Å². The summed E-state index contributed by atoms with van der Waals surface area (Å²) in [6, 6.07) is 4.22. The molecule has 0 bridgehead atoms. The number of anilines is 2. The molecular formula is C15H18N4OS. The van der Waals surface area contributed by atoms with Gasteiger partial charge in [-0.3, -0.25) is 0 Å². The second-order valence-corrected chi connectivity index (χ2v) is 6.48. The van der Waals surface area contributed by atoms with E-state index in [1.807, 2.05) is 19.9 Å². The van der Waals surface area contributed by atoms with Crippen LogP contribution in [0.1, 0.15) is 34.9 Å². The van der Waals surface area contributed by atoms with Gasteiger partial charge in [-0.2, -0.15) is 4.98 Å². The number of fused-ring (bicyclic) bond motifs is 1. The Morgan fingerprint density at radius 3 is 2.67 bits per heavy atom. The molecule has 110 valence electrons. The van der Waals surface area contributed by atoms with Crippen molar-refractivity contribution in [2.75, 3.05) is 11.1 Å². The molecule has 3 aromatic heterocycles. The van der Waals surface area contributed by atoms with Gasteiger partial charge in [0.05, 0.1) is 11.4 Å². The second kappa shape index (κ2) is 5.04. The molecule has 0 aliphatic carbocycles. The first-order valence-corrected chi connectivity index (χ1v) is 7.63. The van der Waals surface area contributed by atoms with E-state index in [0.29, 0.717) is 5.95 Å². The van der Waals surface area contributed by atoms with Gasteiger partial charge in [-0.25, -0.2) is 4.98 Å². The highest BCUT2D eigenvalue weighted by atomic mass is 32.1. The lowest BCUT2D eigenvalue weighted by atomic mass is 10.1. The molecule has 0 saturated heterocycles. The molecule has 3 N–H and O–H groups in total. The Hall–Kier alpha value is -2.08. The van der Waals surface area contributed by atoms with Gasteiger partial charge in [0.15, 0.2) is 0 Å². The molecule has 0 aromatic carbocycles. The highest BCUT2D eigenvalue weighted by Crippen LogP contribution is 2.32. The number of nitrogen functional groups attached to an aromatic ring is 1. The highest BCUT2D eigenvalue weighted by Gasteiger charge is 2.16. The third-order valence-electron chi connectivity index (χ3n) is 3.43.